The first-order chi connectivity index (χ1) is 10.5. The van der Waals surface area contributed by atoms with Gasteiger partial charge in [-0.25, -0.2) is 4.98 Å². The molecule has 1 aliphatic rings. The Balaban J connectivity index is 1.99. The summed E-state index contributed by atoms with van der Waals surface area (Å²) in [7, 11) is 3.92. The molecule has 0 spiro atoms. The zero-order valence-electron chi connectivity index (χ0n) is 14.0. The lowest BCUT2D eigenvalue weighted by Gasteiger charge is -2.33. The van der Waals surface area contributed by atoms with Crippen molar-refractivity contribution < 1.29 is 4.79 Å². The molecule has 122 valence electrons. The molecule has 0 unspecified atom stereocenters. The molecule has 0 aliphatic carbocycles. The van der Waals surface area contributed by atoms with E-state index in [1.165, 1.54) is 0 Å². The summed E-state index contributed by atoms with van der Waals surface area (Å²) in [6.45, 7) is 7.83. The standard InChI is InChI=1S/C15H26N6O/c1-5-12-13(6-2)17-18-15(16-12)20(4)11-14(22)21-9-7-19(3)8-10-21/h5-11H2,1-4H3. The molecule has 1 aromatic rings. The van der Waals surface area contributed by atoms with Crippen molar-refractivity contribution in [1.82, 2.24) is 25.0 Å². The van der Waals surface area contributed by atoms with Crippen LogP contribution in [0.3, 0.4) is 0 Å². The molecule has 0 aromatic carbocycles. The second-order valence-electron chi connectivity index (χ2n) is 5.75. The Bertz CT molecular complexity index is 513. The SMILES string of the molecule is CCc1nnc(N(C)CC(=O)N2CCN(C)CC2)nc1CC. The number of anilines is 1. The maximum atomic E-state index is 12.4. The van der Waals surface area contributed by atoms with E-state index in [9.17, 15) is 4.79 Å². The second kappa shape index (κ2) is 7.49. The van der Waals surface area contributed by atoms with Gasteiger partial charge in [0.2, 0.25) is 11.9 Å². The molecule has 1 amide bonds. The molecule has 1 aliphatic heterocycles. The van der Waals surface area contributed by atoms with Crippen LogP contribution in [0.4, 0.5) is 5.95 Å². The molecule has 0 saturated carbocycles. The topological polar surface area (TPSA) is 65.5 Å². The normalized spacial score (nSPS) is 15.9. The number of nitrogens with zero attached hydrogens (tertiary/aromatic N) is 6. The van der Waals surface area contributed by atoms with E-state index in [0.717, 1.165) is 50.4 Å². The number of hydrogen-bond acceptors (Lipinski definition) is 6. The fourth-order valence-corrected chi connectivity index (χ4v) is 2.52. The Morgan fingerprint density at radius 1 is 1.09 bits per heavy atom. The third-order valence-corrected chi connectivity index (χ3v) is 4.07. The number of carbonyl (C=O) groups excluding carboxylic acids is 1. The van der Waals surface area contributed by atoms with Gasteiger partial charge in [0, 0.05) is 33.2 Å². The summed E-state index contributed by atoms with van der Waals surface area (Å²) < 4.78 is 0. The Morgan fingerprint density at radius 3 is 2.32 bits per heavy atom. The largest absolute Gasteiger partial charge is 0.339 e. The van der Waals surface area contributed by atoms with E-state index in [2.05, 4.69) is 34.1 Å². The van der Waals surface area contributed by atoms with E-state index in [1.807, 2.05) is 18.9 Å². The van der Waals surface area contributed by atoms with Crippen molar-refractivity contribution in [3.63, 3.8) is 0 Å². The zero-order chi connectivity index (χ0) is 16.1. The van der Waals surface area contributed by atoms with Gasteiger partial charge in [0.05, 0.1) is 17.9 Å². The summed E-state index contributed by atoms with van der Waals surface area (Å²) in [5, 5.41) is 8.39. The molecule has 0 bridgehead atoms. The van der Waals surface area contributed by atoms with E-state index in [-0.39, 0.29) is 5.91 Å². The summed E-state index contributed by atoms with van der Waals surface area (Å²) in [4.78, 5) is 22.8. The predicted molar refractivity (Wildman–Crippen MR) is 85.9 cm³/mol. The number of likely N-dealkylation sites (N-methyl/N-ethyl adjacent to an activating group) is 2. The molecule has 0 N–H and O–H groups in total. The number of aromatic nitrogens is 3. The molecule has 22 heavy (non-hydrogen) atoms. The highest BCUT2D eigenvalue weighted by molar-refractivity contribution is 5.80. The molecular formula is C15H26N6O. The fraction of sp³-hybridized carbons (Fsp3) is 0.733. The summed E-state index contributed by atoms with van der Waals surface area (Å²) in [5.74, 6) is 0.647. The van der Waals surface area contributed by atoms with Gasteiger partial charge in [-0.2, -0.15) is 5.10 Å². The highest BCUT2D eigenvalue weighted by Crippen LogP contribution is 2.10. The summed E-state index contributed by atoms with van der Waals surface area (Å²) in [5.41, 5.74) is 1.90. The molecule has 1 aromatic heterocycles. The maximum Gasteiger partial charge on any atom is 0.245 e. The smallest absolute Gasteiger partial charge is 0.245 e. The van der Waals surface area contributed by atoms with Crippen LogP contribution >= 0.6 is 0 Å². The molecular weight excluding hydrogens is 280 g/mol. The van der Waals surface area contributed by atoms with Gasteiger partial charge in [-0.1, -0.05) is 13.8 Å². The fourth-order valence-electron chi connectivity index (χ4n) is 2.52. The summed E-state index contributed by atoms with van der Waals surface area (Å²) >= 11 is 0. The average molecular weight is 306 g/mol. The monoisotopic (exact) mass is 306 g/mol. The van der Waals surface area contributed by atoms with Crippen molar-refractivity contribution in [3.8, 4) is 0 Å². The van der Waals surface area contributed by atoms with Crippen LogP contribution in [0, 0.1) is 0 Å². The van der Waals surface area contributed by atoms with Gasteiger partial charge >= 0.3 is 0 Å². The summed E-state index contributed by atoms with van der Waals surface area (Å²) in [6, 6.07) is 0. The minimum Gasteiger partial charge on any atom is -0.339 e. The maximum absolute atomic E-state index is 12.4. The van der Waals surface area contributed by atoms with Crippen LogP contribution in [-0.4, -0.2) is 77.7 Å². The molecule has 0 radical (unpaired) electrons. The van der Waals surface area contributed by atoms with E-state index >= 15 is 0 Å². The van der Waals surface area contributed by atoms with Crippen LogP contribution in [0.15, 0.2) is 0 Å². The van der Waals surface area contributed by atoms with Crippen molar-refractivity contribution in [1.29, 1.82) is 0 Å². The van der Waals surface area contributed by atoms with Gasteiger partial charge in [0.1, 0.15) is 0 Å². The number of carbonyl (C=O) groups is 1. The lowest BCUT2D eigenvalue weighted by atomic mass is 10.2. The van der Waals surface area contributed by atoms with Crippen LogP contribution < -0.4 is 4.90 Å². The van der Waals surface area contributed by atoms with Crippen molar-refractivity contribution in [2.45, 2.75) is 26.7 Å². The first-order valence-corrected chi connectivity index (χ1v) is 7.95. The Kier molecular flexibility index (Phi) is 5.65. The van der Waals surface area contributed by atoms with Crippen molar-refractivity contribution in [3.05, 3.63) is 11.4 Å². The lowest BCUT2D eigenvalue weighted by molar-refractivity contribution is -0.131. The number of rotatable bonds is 5. The van der Waals surface area contributed by atoms with Gasteiger partial charge in [-0.15, -0.1) is 5.10 Å². The quantitative estimate of drug-likeness (QED) is 0.775. The van der Waals surface area contributed by atoms with Crippen LogP contribution in [0.5, 0.6) is 0 Å². The predicted octanol–water partition coefficient (Wildman–Crippen LogP) is 0.207. The highest BCUT2D eigenvalue weighted by Gasteiger charge is 2.21. The van der Waals surface area contributed by atoms with Crippen molar-refractivity contribution >= 4 is 11.9 Å². The molecule has 0 atom stereocenters. The van der Waals surface area contributed by atoms with Gasteiger partial charge in [0.15, 0.2) is 0 Å². The van der Waals surface area contributed by atoms with Gasteiger partial charge in [0.25, 0.3) is 0 Å². The minimum absolute atomic E-state index is 0.122. The zero-order valence-corrected chi connectivity index (χ0v) is 14.0. The van der Waals surface area contributed by atoms with Crippen LogP contribution in [0.1, 0.15) is 25.2 Å². The molecule has 7 heteroatoms. The van der Waals surface area contributed by atoms with E-state index < -0.39 is 0 Å². The average Bonchev–Trinajstić information content (AvgIpc) is 2.54. The Morgan fingerprint density at radius 2 is 1.73 bits per heavy atom. The van der Waals surface area contributed by atoms with Gasteiger partial charge in [-0.3, -0.25) is 4.79 Å². The Labute approximate surface area is 132 Å². The number of piperazine rings is 1. The molecule has 2 rings (SSSR count). The van der Waals surface area contributed by atoms with Crippen LogP contribution in [0.2, 0.25) is 0 Å². The van der Waals surface area contributed by atoms with Gasteiger partial charge in [-0.05, 0) is 19.9 Å². The van der Waals surface area contributed by atoms with Crippen LogP contribution in [0.25, 0.3) is 0 Å². The summed E-state index contributed by atoms with van der Waals surface area (Å²) in [6.07, 6.45) is 1.65. The third kappa shape index (κ3) is 3.91. The van der Waals surface area contributed by atoms with Crippen LogP contribution in [-0.2, 0) is 17.6 Å². The second-order valence-corrected chi connectivity index (χ2v) is 5.75. The first kappa shape index (κ1) is 16.6. The van der Waals surface area contributed by atoms with Crippen molar-refractivity contribution in [2.75, 3.05) is 51.7 Å². The van der Waals surface area contributed by atoms with Gasteiger partial charge < -0.3 is 14.7 Å². The first-order valence-electron chi connectivity index (χ1n) is 7.95. The highest BCUT2D eigenvalue weighted by atomic mass is 16.2. The van der Waals surface area contributed by atoms with E-state index in [1.54, 1.807) is 4.90 Å². The lowest BCUT2D eigenvalue weighted by Crippen LogP contribution is -2.49. The van der Waals surface area contributed by atoms with E-state index in [4.69, 9.17) is 0 Å². The molecule has 1 saturated heterocycles. The number of aryl methyl sites for hydroxylation is 2. The molecule has 7 nitrogen and oxygen atoms in total. The third-order valence-electron chi connectivity index (χ3n) is 4.07. The number of hydrogen-bond donors (Lipinski definition) is 0. The Hall–Kier alpha value is -1.76. The van der Waals surface area contributed by atoms with E-state index in [0.29, 0.717) is 12.5 Å². The minimum atomic E-state index is 0.122. The molecule has 2 heterocycles. The number of amides is 1. The van der Waals surface area contributed by atoms with Crippen molar-refractivity contribution in [2.24, 2.45) is 0 Å². The molecule has 1 fully saturated rings.